The number of halogens is 3. The lowest BCUT2D eigenvalue weighted by Gasteiger charge is -2.34. The van der Waals surface area contributed by atoms with Gasteiger partial charge in [-0.3, -0.25) is 15.0 Å². The van der Waals surface area contributed by atoms with Crippen LogP contribution in [-0.4, -0.2) is 47.3 Å². The molecule has 0 radical (unpaired) electrons. The molecule has 2 heterocycles. The van der Waals surface area contributed by atoms with Gasteiger partial charge in [-0.2, -0.15) is 13.2 Å². The number of allylic oxidation sites excluding steroid dienone is 1. The summed E-state index contributed by atoms with van der Waals surface area (Å²) in [6, 6.07) is 7.24. The number of nitrogens with one attached hydrogen (secondary N) is 1. The molecule has 2 unspecified atom stereocenters. The summed E-state index contributed by atoms with van der Waals surface area (Å²) in [7, 11) is 0. The molecule has 1 fully saturated rings. The van der Waals surface area contributed by atoms with Gasteiger partial charge in [-0.1, -0.05) is 30.3 Å². The van der Waals surface area contributed by atoms with Crippen LogP contribution in [0.4, 0.5) is 18.3 Å². The molecule has 156 valence electrons. The number of aromatic nitrogens is 1. The largest absolute Gasteiger partial charge is 0.417 e. The zero-order valence-corrected chi connectivity index (χ0v) is 16.9. The first-order valence-electron chi connectivity index (χ1n) is 9.18. The predicted molar refractivity (Wildman–Crippen MR) is 107 cm³/mol. The Morgan fingerprint density at radius 3 is 2.55 bits per heavy atom. The van der Waals surface area contributed by atoms with E-state index in [4.69, 9.17) is 4.74 Å². The molecule has 0 saturated carbocycles. The van der Waals surface area contributed by atoms with E-state index in [0.29, 0.717) is 12.6 Å². The average Bonchev–Trinajstić information content (AvgIpc) is 3.05. The highest BCUT2D eigenvalue weighted by molar-refractivity contribution is 7.13. The third-order valence-electron chi connectivity index (χ3n) is 4.33. The van der Waals surface area contributed by atoms with E-state index in [2.05, 4.69) is 15.2 Å². The van der Waals surface area contributed by atoms with E-state index in [0.717, 1.165) is 18.8 Å². The summed E-state index contributed by atoms with van der Waals surface area (Å²) in [5.74, 6) is -0.865. The van der Waals surface area contributed by atoms with E-state index >= 15 is 0 Å². The van der Waals surface area contributed by atoms with Crippen LogP contribution in [-0.2, 0) is 16.1 Å². The maximum atomic E-state index is 13.4. The lowest BCUT2D eigenvalue weighted by atomic mass is 10.1. The highest BCUT2D eigenvalue weighted by Crippen LogP contribution is 2.33. The van der Waals surface area contributed by atoms with Gasteiger partial charge in [0.25, 0.3) is 5.91 Å². The second kappa shape index (κ2) is 9.06. The number of amides is 1. The average molecular weight is 425 g/mol. The highest BCUT2D eigenvalue weighted by Gasteiger charge is 2.35. The SMILES string of the molecule is CC1CN(Cc2csc(NC(=O)/C=C(/c3ccccc3)C(F)(F)F)n2)CC(C)O1. The molecule has 1 aliphatic heterocycles. The number of nitrogens with zero attached hydrogens (tertiary/aromatic N) is 2. The number of thiazole rings is 1. The molecule has 2 aromatic rings. The van der Waals surface area contributed by atoms with Crippen LogP contribution in [0.25, 0.3) is 5.57 Å². The molecule has 0 aliphatic carbocycles. The minimum Gasteiger partial charge on any atom is -0.373 e. The molecule has 0 bridgehead atoms. The number of alkyl halides is 3. The minimum absolute atomic E-state index is 0.0643. The normalized spacial score (nSPS) is 21.2. The first-order valence-corrected chi connectivity index (χ1v) is 10.1. The molecule has 1 amide bonds. The van der Waals surface area contributed by atoms with Crippen LogP contribution >= 0.6 is 11.3 Å². The zero-order chi connectivity index (χ0) is 21.0. The van der Waals surface area contributed by atoms with Crippen LogP contribution in [0.1, 0.15) is 25.1 Å². The third-order valence-corrected chi connectivity index (χ3v) is 5.13. The van der Waals surface area contributed by atoms with Gasteiger partial charge in [-0.05, 0) is 19.4 Å². The first kappa shape index (κ1) is 21.5. The van der Waals surface area contributed by atoms with Crippen molar-refractivity contribution in [1.82, 2.24) is 9.88 Å². The fourth-order valence-electron chi connectivity index (χ4n) is 3.30. The molecule has 1 saturated heterocycles. The second-order valence-corrected chi connectivity index (χ2v) is 7.86. The summed E-state index contributed by atoms with van der Waals surface area (Å²) in [6.45, 7) is 6.16. The Kier molecular flexibility index (Phi) is 6.71. The van der Waals surface area contributed by atoms with E-state index in [1.54, 1.807) is 11.4 Å². The van der Waals surface area contributed by atoms with Crippen LogP contribution in [0.15, 0.2) is 41.8 Å². The standard InChI is InChI=1S/C20H22F3N3O2S/c1-13-9-26(10-14(2)28-13)11-16-12-29-19(24-16)25-18(27)8-17(20(21,22)23)15-6-4-3-5-7-15/h3-8,12-14H,9-11H2,1-2H3,(H,24,25,27)/b17-8-. The molecular formula is C20H22F3N3O2S. The summed E-state index contributed by atoms with van der Waals surface area (Å²) in [5.41, 5.74) is -0.302. The van der Waals surface area contributed by atoms with E-state index < -0.39 is 17.7 Å². The summed E-state index contributed by atoms with van der Waals surface area (Å²) in [6.07, 6.45) is -3.82. The Bertz CT molecular complexity index is 857. The minimum atomic E-state index is -4.64. The van der Waals surface area contributed by atoms with Gasteiger partial charge < -0.3 is 4.74 Å². The second-order valence-electron chi connectivity index (χ2n) is 7.01. The number of carbonyl (C=O) groups is 1. The molecular weight excluding hydrogens is 403 g/mol. The van der Waals surface area contributed by atoms with Crippen LogP contribution in [0, 0.1) is 0 Å². The van der Waals surface area contributed by atoms with E-state index in [1.807, 2.05) is 13.8 Å². The Balaban J connectivity index is 1.67. The van der Waals surface area contributed by atoms with Gasteiger partial charge in [0.15, 0.2) is 5.13 Å². The molecule has 2 atom stereocenters. The van der Waals surface area contributed by atoms with Crippen LogP contribution in [0.5, 0.6) is 0 Å². The summed E-state index contributed by atoms with van der Waals surface area (Å²) in [5, 5.41) is 4.50. The maximum Gasteiger partial charge on any atom is 0.417 e. The van der Waals surface area contributed by atoms with E-state index in [-0.39, 0.29) is 22.9 Å². The molecule has 1 N–H and O–H groups in total. The zero-order valence-electron chi connectivity index (χ0n) is 16.1. The number of carbonyl (C=O) groups excluding carboxylic acids is 1. The van der Waals surface area contributed by atoms with Gasteiger partial charge in [0, 0.05) is 31.1 Å². The quantitative estimate of drug-likeness (QED) is 0.725. The van der Waals surface area contributed by atoms with Crippen LogP contribution in [0.3, 0.4) is 0 Å². The van der Waals surface area contributed by atoms with E-state index in [9.17, 15) is 18.0 Å². The van der Waals surface area contributed by atoms with Crippen molar-refractivity contribution in [2.24, 2.45) is 0 Å². The van der Waals surface area contributed by atoms with Gasteiger partial charge in [-0.25, -0.2) is 4.98 Å². The Morgan fingerprint density at radius 2 is 1.93 bits per heavy atom. The summed E-state index contributed by atoms with van der Waals surface area (Å²) < 4.78 is 45.8. The topological polar surface area (TPSA) is 54.5 Å². The Morgan fingerprint density at radius 1 is 1.28 bits per heavy atom. The van der Waals surface area contributed by atoms with Gasteiger partial charge >= 0.3 is 6.18 Å². The smallest absolute Gasteiger partial charge is 0.373 e. The molecule has 9 heteroatoms. The lowest BCUT2D eigenvalue weighted by Crippen LogP contribution is -2.44. The van der Waals surface area contributed by atoms with Gasteiger partial charge in [0.05, 0.1) is 23.5 Å². The van der Waals surface area contributed by atoms with Crippen molar-refractivity contribution in [3.63, 3.8) is 0 Å². The molecule has 5 nitrogen and oxygen atoms in total. The van der Waals surface area contributed by atoms with Crippen molar-refractivity contribution < 1.29 is 22.7 Å². The summed E-state index contributed by atoms with van der Waals surface area (Å²) >= 11 is 1.19. The number of hydrogen-bond acceptors (Lipinski definition) is 5. The van der Waals surface area contributed by atoms with E-state index in [1.165, 1.54) is 35.6 Å². The van der Waals surface area contributed by atoms with Crippen molar-refractivity contribution in [3.8, 4) is 0 Å². The van der Waals surface area contributed by atoms with Crippen molar-refractivity contribution >= 4 is 27.9 Å². The van der Waals surface area contributed by atoms with Crippen LogP contribution in [0.2, 0.25) is 0 Å². The first-order chi connectivity index (χ1) is 13.7. The highest BCUT2D eigenvalue weighted by atomic mass is 32.1. The third kappa shape index (κ3) is 6.12. The molecule has 3 rings (SSSR count). The molecule has 1 aromatic heterocycles. The number of anilines is 1. The summed E-state index contributed by atoms with van der Waals surface area (Å²) in [4.78, 5) is 18.7. The van der Waals surface area contributed by atoms with Crippen molar-refractivity contribution in [3.05, 3.63) is 53.0 Å². The van der Waals surface area contributed by atoms with Gasteiger partial charge in [0.1, 0.15) is 0 Å². The number of hydrogen-bond donors (Lipinski definition) is 1. The Hall–Kier alpha value is -2.23. The predicted octanol–water partition coefficient (Wildman–Crippen LogP) is 4.34. The maximum absolute atomic E-state index is 13.4. The van der Waals surface area contributed by atoms with Crippen LogP contribution < -0.4 is 5.32 Å². The Labute approximate surface area is 171 Å². The van der Waals surface area contributed by atoms with Crippen molar-refractivity contribution in [2.75, 3.05) is 18.4 Å². The molecule has 1 aliphatic rings. The number of benzene rings is 1. The van der Waals surface area contributed by atoms with Crippen molar-refractivity contribution in [1.29, 1.82) is 0 Å². The van der Waals surface area contributed by atoms with Gasteiger partial charge in [-0.15, -0.1) is 11.3 Å². The van der Waals surface area contributed by atoms with Crippen molar-refractivity contribution in [2.45, 2.75) is 38.8 Å². The lowest BCUT2D eigenvalue weighted by molar-refractivity contribution is -0.112. The molecule has 0 spiro atoms. The number of ether oxygens (including phenoxy) is 1. The van der Waals surface area contributed by atoms with Gasteiger partial charge in [0.2, 0.25) is 0 Å². The fourth-order valence-corrected chi connectivity index (χ4v) is 4.00. The molecule has 1 aromatic carbocycles. The number of morpholine rings is 1. The number of rotatable bonds is 5. The monoisotopic (exact) mass is 425 g/mol. The molecule has 29 heavy (non-hydrogen) atoms. The fraction of sp³-hybridized carbons (Fsp3) is 0.400.